The van der Waals surface area contributed by atoms with Gasteiger partial charge in [-0.1, -0.05) is 58.1 Å². The van der Waals surface area contributed by atoms with Gasteiger partial charge in [-0.2, -0.15) is 0 Å². The third kappa shape index (κ3) is 16.0. The highest BCUT2D eigenvalue weighted by Crippen LogP contribution is 2.28. The lowest BCUT2D eigenvalue weighted by Crippen LogP contribution is -2.64. The zero-order chi connectivity index (χ0) is 56.0. The van der Waals surface area contributed by atoms with Gasteiger partial charge in [0.15, 0.2) is 6.23 Å². The first-order chi connectivity index (χ1) is 36.0. The van der Waals surface area contributed by atoms with E-state index < -0.39 is 152 Å². The minimum Gasteiger partial charge on any atom is -0.508 e. The summed E-state index contributed by atoms with van der Waals surface area (Å²) in [5.74, 6) is -9.09. The topological polar surface area (TPSA) is 387 Å². The molecule has 3 aliphatic rings. The van der Waals surface area contributed by atoms with Crippen LogP contribution >= 0.6 is 0 Å². The molecule has 0 saturated carbocycles. The number of hydrogen-bond acceptors (Lipinski definition) is 18. The van der Waals surface area contributed by atoms with Crippen LogP contribution < -0.4 is 31.3 Å². The van der Waals surface area contributed by atoms with Gasteiger partial charge in [-0.05, 0) is 62.2 Å². The molecule has 0 bridgehead atoms. The van der Waals surface area contributed by atoms with E-state index in [-0.39, 0.29) is 30.0 Å². The molecule has 15 atom stereocenters. The summed E-state index contributed by atoms with van der Waals surface area (Å²) in [5, 5.41) is 111. The van der Waals surface area contributed by atoms with Gasteiger partial charge in [0, 0.05) is 44.0 Å². The van der Waals surface area contributed by atoms with Crippen LogP contribution in [0.5, 0.6) is 11.5 Å². The third-order valence-electron chi connectivity index (χ3n) is 13.7. The van der Waals surface area contributed by atoms with Crippen molar-refractivity contribution in [2.24, 2.45) is 5.92 Å². The molecule has 2 aromatic rings. The normalized spacial score (nSPS) is 28.9. The minimum atomic E-state index is -2.29. The molecular weight excluding hydrogens is 999 g/mol. The largest absolute Gasteiger partial charge is 0.508 e. The molecule has 25 nitrogen and oxygen atoms in total. The molecule has 0 aromatic heterocycles. The van der Waals surface area contributed by atoms with Crippen molar-refractivity contribution in [1.82, 2.24) is 36.4 Å². The molecule has 14 N–H and O–H groups in total. The Balaban J connectivity index is 1.46. The maximum Gasteiger partial charge on any atom is 0.251 e. The van der Waals surface area contributed by atoms with Crippen LogP contribution in [0.15, 0.2) is 48.5 Å². The number of ether oxygens (including phenoxy) is 2. The first-order valence-electron chi connectivity index (χ1n) is 25.7. The zero-order valence-corrected chi connectivity index (χ0v) is 43.1. The molecule has 3 aliphatic heterocycles. The van der Waals surface area contributed by atoms with Gasteiger partial charge in [-0.15, -0.1) is 0 Å². The lowest BCUT2D eigenvalue weighted by Gasteiger charge is -2.34. The van der Waals surface area contributed by atoms with Crippen LogP contribution in [-0.4, -0.2) is 209 Å². The van der Waals surface area contributed by atoms with Gasteiger partial charge >= 0.3 is 0 Å². The molecule has 25 heteroatoms. The predicted molar refractivity (Wildman–Crippen MR) is 267 cm³/mol. The van der Waals surface area contributed by atoms with Crippen LogP contribution in [0.3, 0.4) is 0 Å². The second kappa shape index (κ2) is 28.4. The Morgan fingerprint density at radius 3 is 1.91 bits per heavy atom. The summed E-state index contributed by atoms with van der Waals surface area (Å²) in [5.41, 5.74) is -0.0970. The summed E-state index contributed by atoms with van der Waals surface area (Å²) in [6.07, 6.45) is -10.0. The number of phenols is 1. The fourth-order valence-corrected chi connectivity index (χ4v) is 9.27. The highest BCUT2D eigenvalue weighted by atomic mass is 16.5. The maximum atomic E-state index is 14.4. The van der Waals surface area contributed by atoms with Gasteiger partial charge in [-0.25, -0.2) is 0 Å². The van der Waals surface area contributed by atoms with Crippen LogP contribution in [0, 0.1) is 5.92 Å². The quantitative estimate of drug-likeness (QED) is 0.0659. The SMILES string of the molecule is CCCCCCCCOCCOc1ccc(C(=O)N[C@H]2C[C@@H](O)[C@@H](O)NC(=O)[C@@H]3[C@@H](O)[C@@H](C)CN3C(=O)[C@H]([C@@H](C)O)NC(=O)[C@H]([C@H](O)[C@@H](O)c3ccc(O)cc3)NC(=O)[C@@H]3C[C@@H](O)CN3C(=O)[C@H]([C@@H](C)O)NC2=O)cc1. The Kier molecular flexibility index (Phi) is 22.7. The van der Waals surface area contributed by atoms with E-state index in [4.69, 9.17) is 9.47 Å². The number of amides is 7. The number of phenolic OH excluding ortho intramolecular Hbond substituents is 1. The smallest absolute Gasteiger partial charge is 0.251 e. The van der Waals surface area contributed by atoms with Crippen molar-refractivity contribution in [2.75, 3.05) is 32.9 Å². The van der Waals surface area contributed by atoms with E-state index in [2.05, 4.69) is 33.5 Å². The first kappa shape index (κ1) is 60.8. The molecule has 422 valence electrons. The van der Waals surface area contributed by atoms with Gasteiger partial charge in [0.25, 0.3) is 5.91 Å². The fraction of sp³-hybridized carbons (Fsp3) is 0.627. The summed E-state index contributed by atoms with van der Waals surface area (Å²) >= 11 is 0. The Bertz CT molecular complexity index is 2270. The van der Waals surface area contributed by atoms with Gasteiger partial charge in [0.1, 0.15) is 72.7 Å². The Morgan fingerprint density at radius 2 is 1.28 bits per heavy atom. The lowest BCUT2D eigenvalue weighted by atomic mass is 9.96. The molecule has 76 heavy (non-hydrogen) atoms. The fourth-order valence-electron chi connectivity index (χ4n) is 9.27. The lowest BCUT2D eigenvalue weighted by molar-refractivity contribution is -0.148. The van der Waals surface area contributed by atoms with Crippen molar-refractivity contribution in [1.29, 1.82) is 0 Å². The van der Waals surface area contributed by atoms with Crippen molar-refractivity contribution >= 4 is 41.4 Å². The molecule has 0 spiro atoms. The van der Waals surface area contributed by atoms with E-state index in [1.54, 1.807) is 0 Å². The van der Waals surface area contributed by atoms with Crippen molar-refractivity contribution in [3.8, 4) is 11.5 Å². The number of unbranched alkanes of at least 4 members (excludes halogenated alkanes) is 5. The van der Waals surface area contributed by atoms with Crippen LogP contribution in [-0.2, 0) is 33.5 Å². The van der Waals surface area contributed by atoms with Crippen molar-refractivity contribution in [3.63, 3.8) is 0 Å². The Hall–Kier alpha value is -6.03. The van der Waals surface area contributed by atoms with Gasteiger partial charge in [0.05, 0.1) is 31.0 Å². The number of nitrogens with zero attached hydrogens (tertiary/aromatic N) is 2. The minimum absolute atomic E-state index is 0.0233. The van der Waals surface area contributed by atoms with Gasteiger partial charge in [-0.3, -0.25) is 33.6 Å². The number of aliphatic hydroxyl groups is 8. The van der Waals surface area contributed by atoms with E-state index in [1.807, 2.05) is 0 Å². The van der Waals surface area contributed by atoms with E-state index in [0.717, 1.165) is 61.5 Å². The second-order valence-corrected chi connectivity index (χ2v) is 19.8. The number of carbonyl (C=O) groups is 7. The molecule has 0 aliphatic carbocycles. The standard InChI is InChI=1S/C51H75N7O18/c1-5-6-7-8-9-10-19-75-20-21-76-33-17-13-30(14-18-33)44(67)52-34-23-36(63)47(70)56-49(72)40-41(64)26(2)24-58(40)51(74)38(28(4)60)54-48(71)39(43(66)42(65)29-11-15-31(61)16-12-29)55-46(69)35-22-32(62)25-57(35)50(73)37(27(3)59)53-45(34)68/h11-18,26-28,32,34-43,47,59-66,70H,5-10,19-25H2,1-4H3,(H,52,67)(H,53,68)(H,54,71)(H,55,69)(H,56,72)/t26-,27+,28+,32+,34-,35-,36+,37-,38-,39-,40-,41-,42-,43-,47+/m0/s1. The number of fused-ring (bicyclic) bond motifs is 2. The van der Waals surface area contributed by atoms with Crippen LogP contribution in [0.2, 0.25) is 0 Å². The summed E-state index contributed by atoms with van der Waals surface area (Å²) in [6, 6.07) is -1.23. The summed E-state index contributed by atoms with van der Waals surface area (Å²) < 4.78 is 11.4. The number of rotatable bonds is 18. The van der Waals surface area contributed by atoms with E-state index >= 15 is 0 Å². The molecule has 3 heterocycles. The van der Waals surface area contributed by atoms with Crippen molar-refractivity contribution in [3.05, 3.63) is 59.7 Å². The van der Waals surface area contributed by atoms with E-state index in [1.165, 1.54) is 56.2 Å². The highest BCUT2D eigenvalue weighted by Gasteiger charge is 2.50. The maximum absolute atomic E-state index is 14.4. The molecule has 7 amide bonds. The average Bonchev–Trinajstić information content (AvgIpc) is 3.93. The molecule has 0 radical (unpaired) electrons. The number of carbonyl (C=O) groups excluding carboxylic acids is 7. The van der Waals surface area contributed by atoms with E-state index in [0.29, 0.717) is 19.0 Å². The first-order valence-corrected chi connectivity index (χ1v) is 25.7. The van der Waals surface area contributed by atoms with Gasteiger partial charge in [0.2, 0.25) is 35.4 Å². The van der Waals surface area contributed by atoms with Crippen LogP contribution in [0.1, 0.15) is 101 Å². The van der Waals surface area contributed by atoms with Crippen LogP contribution in [0.25, 0.3) is 0 Å². The Labute approximate surface area is 439 Å². The summed E-state index contributed by atoms with van der Waals surface area (Å²) in [4.78, 5) is 101. The summed E-state index contributed by atoms with van der Waals surface area (Å²) in [7, 11) is 0. The number of aromatic hydroxyl groups is 1. The molecular formula is C51H75N7O18. The monoisotopic (exact) mass is 1070 g/mol. The van der Waals surface area contributed by atoms with Crippen molar-refractivity contribution in [2.45, 2.75) is 164 Å². The molecule has 5 rings (SSSR count). The predicted octanol–water partition coefficient (Wildman–Crippen LogP) is -3.07. The second-order valence-electron chi connectivity index (χ2n) is 19.8. The van der Waals surface area contributed by atoms with Crippen molar-refractivity contribution < 1.29 is 89.0 Å². The number of nitrogens with one attached hydrogen (secondary N) is 5. The summed E-state index contributed by atoms with van der Waals surface area (Å²) in [6.45, 7) is 5.97. The molecule has 3 fully saturated rings. The van der Waals surface area contributed by atoms with E-state index in [9.17, 15) is 79.5 Å². The van der Waals surface area contributed by atoms with Gasteiger partial charge < -0.3 is 91.8 Å². The van der Waals surface area contributed by atoms with Crippen LogP contribution in [0.4, 0.5) is 0 Å². The molecule has 2 aromatic carbocycles. The highest BCUT2D eigenvalue weighted by molar-refractivity contribution is 6.00. The molecule has 3 saturated heterocycles. The zero-order valence-electron chi connectivity index (χ0n) is 43.1. The number of aliphatic hydroxyl groups excluding tert-OH is 8. The Morgan fingerprint density at radius 1 is 0.684 bits per heavy atom. The number of hydrogen-bond donors (Lipinski definition) is 14. The third-order valence-corrected chi connectivity index (χ3v) is 13.7. The molecule has 0 unspecified atom stereocenters. The average molecular weight is 1070 g/mol. The number of benzene rings is 2.